The van der Waals surface area contributed by atoms with Crippen molar-refractivity contribution in [2.24, 2.45) is 0 Å². The van der Waals surface area contributed by atoms with Gasteiger partial charge in [-0.15, -0.1) is 0 Å². The van der Waals surface area contributed by atoms with Gasteiger partial charge in [0.05, 0.1) is 5.69 Å². The van der Waals surface area contributed by atoms with Gasteiger partial charge in [0, 0.05) is 54.9 Å². The van der Waals surface area contributed by atoms with E-state index in [4.69, 9.17) is 23.2 Å². The largest absolute Gasteiger partial charge is 0.342 e. The van der Waals surface area contributed by atoms with E-state index in [0.29, 0.717) is 17.1 Å². The first-order valence-corrected chi connectivity index (χ1v) is 10.9. The predicted molar refractivity (Wildman–Crippen MR) is 128 cm³/mol. The molecular formula is C24H15BrCl2N2O. The van der Waals surface area contributed by atoms with Crippen LogP contribution in [0.1, 0.15) is 16.7 Å². The van der Waals surface area contributed by atoms with Gasteiger partial charge in [0.1, 0.15) is 0 Å². The standard InChI is InChI=1S/C24H15BrCl2N2O/c25-16-5-8-23-19(10-16)15(13-29(23)12-14-3-1-2-4-21(14)27)9-20-18-7-6-17(26)11-22(18)28-24(20)30/h1-11,13H,12H2,(H,28,30)/b20-9+. The van der Waals surface area contributed by atoms with Crippen molar-refractivity contribution < 1.29 is 4.79 Å². The van der Waals surface area contributed by atoms with E-state index in [0.717, 1.165) is 42.8 Å². The van der Waals surface area contributed by atoms with E-state index in [-0.39, 0.29) is 5.91 Å². The third-order valence-electron chi connectivity index (χ3n) is 5.24. The summed E-state index contributed by atoms with van der Waals surface area (Å²) in [6.07, 6.45) is 4.00. The third kappa shape index (κ3) is 3.45. The van der Waals surface area contributed by atoms with E-state index < -0.39 is 0 Å². The fraction of sp³-hybridized carbons (Fsp3) is 0.0417. The van der Waals surface area contributed by atoms with Gasteiger partial charge in [-0.2, -0.15) is 0 Å². The molecule has 1 aliphatic heterocycles. The monoisotopic (exact) mass is 496 g/mol. The third-order valence-corrected chi connectivity index (χ3v) is 6.33. The fourth-order valence-corrected chi connectivity index (χ4v) is 4.55. The Morgan fingerprint density at radius 1 is 1.03 bits per heavy atom. The predicted octanol–water partition coefficient (Wildman–Crippen LogP) is 7.25. The van der Waals surface area contributed by atoms with E-state index in [1.807, 2.05) is 42.5 Å². The summed E-state index contributed by atoms with van der Waals surface area (Å²) in [5, 5.41) is 5.28. The molecule has 4 aromatic rings. The van der Waals surface area contributed by atoms with Gasteiger partial charge in [-0.05, 0) is 48.0 Å². The highest BCUT2D eigenvalue weighted by atomic mass is 79.9. The second-order valence-corrected chi connectivity index (χ2v) is 8.93. The normalized spacial score (nSPS) is 14.4. The molecule has 1 N–H and O–H groups in total. The Kier molecular flexibility index (Phi) is 4.94. The minimum Gasteiger partial charge on any atom is -0.342 e. The van der Waals surface area contributed by atoms with Gasteiger partial charge >= 0.3 is 0 Å². The first-order chi connectivity index (χ1) is 14.5. The number of fused-ring (bicyclic) bond motifs is 2. The van der Waals surface area contributed by atoms with Gasteiger partial charge in [-0.1, -0.05) is 63.4 Å². The molecule has 0 atom stereocenters. The Balaban J connectivity index is 1.65. The lowest BCUT2D eigenvalue weighted by atomic mass is 10.0. The molecule has 1 aliphatic rings. The Morgan fingerprint density at radius 2 is 1.87 bits per heavy atom. The maximum atomic E-state index is 12.6. The number of carbonyl (C=O) groups excluding carboxylic acids is 1. The summed E-state index contributed by atoms with van der Waals surface area (Å²) < 4.78 is 3.14. The SMILES string of the molecule is O=C1Nc2cc(Cl)ccc2/C1=C\c1cn(Cc2ccccc2Cl)c2ccc(Br)cc12. The summed E-state index contributed by atoms with van der Waals surface area (Å²) in [5.74, 6) is -0.130. The molecule has 0 saturated heterocycles. The number of rotatable bonds is 3. The lowest BCUT2D eigenvalue weighted by Gasteiger charge is -2.07. The Hall–Kier alpha value is -2.53. The maximum Gasteiger partial charge on any atom is 0.256 e. The van der Waals surface area contributed by atoms with E-state index in [9.17, 15) is 4.79 Å². The average molecular weight is 498 g/mol. The number of anilines is 1. The molecule has 0 unspecified atom stereocenters. The Morgan fingerprint density at radius 3 is 2.70 bits per heavy atom. The number of halogens is 3. The molecule has 0 bridgehead atoms. The second-order valence-electron chi connectivity index (χ2n) is 7.17. The Labute approximate surface area is 192 Å². The molecular weight excluding hydrogens is 483 g/mol. The summed E-state index contributed by atoms with van der Waals surface area (Å²) in [6, 6.07) is 19.4. The zero-order valence-corrected chi connectivity index (χ0v) is 18.7. The smallest absolute Gasteiger partial charge is 0.256 e. The van der Waals surface area contributed by atoms with E-state index in [1.165, 1.54) is 0 Å². The van der Waals surface area contributed by atoms with Gasteiger partial charge in [0.15, 0.2) is 0 Å². The van der Waals surface area contributed by atoms with Crippen molar-refractivity contribution in [2.45, 2.75) is 6.54 Å². The number of aromatic nitrogens is 1. The number of nitrogens with one attached hydrogen (secondary N) is 1. The van der Waals surface area contributed by atoms with Crippen LogP contribution in [0.25, 0.3) is 22.6 Å². The van der Waals surface area contributed by atoms with Crippen LogP contribution in [-0.2, 0) is 11.3 Å². The first kappa shape index (κ1) is 19.4. The number of amides is 1. The molecule has 0 saturated carbocycles. The van der Waals surface area contributed by atoms with Crippen molar-refractivity contribution in [3.05, 3.63) is 98.1 Å². The summed E-state index contributed by atoms with van der Waals surface area (Å²) in [7, 11) is 0. The lowest BCUT2D eigenvalue weighted by molar-refractivity contribution is -0.110. The highest BCUT2D eigenvalue weighted by molar-refractivity contribution is 9.10. The van der Waals surface area contributed by atoms with Crippen LogP contribution >= 0.6 is 39.1 Å². The van der Waals surface area contributed by atoms with Gasteiger partial charge in [0.25, 0.3) is 5.91 Å². The van der Waals surface area contributed by atoms with E-state index in [1.54, 1.807) is 12.1 Å². The van der Waals surface area contributed by atoms with Crippen molar-refractivity contribution in [3.8, 4) is 0 Å². The molecule has 0 aliphatic carbocycles. The highest BCUT2D eigenvalue weighted by Gasteiger charge is 2.24. The fourth-order valence-electron chi connectivity index (χ4n) is 3.82. The average Bonchev–Trinajstić information content (AvgIpc) is 3.20. The Bertz CT molecular complexity index is 1360. The van der Waals surface area contributed by atoms with Crippen LogP contribution in [0, 0.1) is 0 Å². The molecule has 0 fully saturated rings. The minimum absolute atomic E-state index is 0.130. The molecule has 30 heavy (non-hydrogen) atoms. The van der Waals surface area contributed by atoms with Gasteiger partial charge < -0.3 is 9.88 Å². The number of benzene rings is 3. The summed E-state index contributed by atoms with van der Waals surface area (Å²) in [6.45, 7) is 0.638. The zero-order valence-electron chi connectivity index (χ0n) is 15.6. The quantitative estimate of drug-likeness (QED) is 0.297. The van der Waals surface area contributed by atoms with Crippen molar-refractivity contribution >= 4 is 73.3 Å². The molecule has 2 heterocycles. The van der Waals surface area contributed by atoms with Crippen LogP contribution in [0.3, 0.4) is 0 Å². The van der Waals surface area contributed by atoms with Crippen molar-refractivity contribution in [1.82, 2.24) is 4.57 Å². The van der Waals surface area contributed by atoms with E-state index in [2.05, 4.69) is 44.1 Å². The van der Waals surface area contributed by atoms with Crippen LogP contribution in [-0.4, -0.2) is 10.5 Å². The summed E-state index contributed by atoms with van der Waals surface area (Å²) in [4.78, 5) is 12.6. The van der Waals surface area contributed by atoms with Gasteiger partial charge in [-0.3, -0.25) is 4.79 Å². The molecule has 0 radical (unpaired) electrons. The van der Waals surface area contributed by atoms with Crippen LogP contribution in [0.5, 0.6) is 0 Å². The summed E-state index contributed by atoms with van der Waals surface area (Å²) in [5.41, 5.74) is 5.28. The van der Waals surface area contributed by atoms with Gasteiger partial charge in [-0.25, -0.2) is 0 Å². The topological polar surface area (TPSA) is 34.0 Å². The molecule has 148 valence electrons. The molecule has 3 nitrogen and oxygen atoms in total. The minimum atomic E-state index is -0.130. The molecule has 0 spiro atoms. The van der Waals surface area contributed by atoms with Crippen molar-refractivity contribution in [1.29, 1.82) is 0 Å². The summed E-state index contributed by atoms with van der Waals surface area (Å²) >= 11 is 16.0. The number of hydrogen-bond donors (Lipinski definition) is 1. The first-order valence-electron chi connectivity index (χ1n) is 9.34. The molecule has 5 rings (SSSR count). The maximum absolute atomic E-state index is 12.6. The zero-order chi connectivity index (χ0) is 20.8. The second kappa shape index (κ2) is 7.62. The van der Waals surface area contributed by atoms with Crippen LogP contribution in [0.2, 0.25) is 10.0 Å². The lowest BCUT2D eigenvalue weighted by Crippen LogP contribution is -2.03. The van der Waals surface area contributed by atoms with Gasteiger partial charge in [0.2, 0.25) is 0 Å². The number of nitrogens with zero attached hydrogens (tertiary/aromatic N) is 1. The van der Waals surface area contributed by atoms with E-state index >= 15 is 0 Å². The van der Waals surface area contributed by atoms with Crippen LogP contribution in [0.4, 0.5) is 5.69 Å². The van der Waals surface area contributed by atoms with Crippen molar-refractivity contribution in [2.75, 3.05) is 5.32 Å². The molecule has 1 aromatic heterocycles. The molecule has 3 aromatic carbocycles. The van der Waals surface area contributed by atoms with Crippen molar-refractivity contribution in [3.63, 3.8) is 0 Å². The molecule has 6 heteroatoms. The molecule has 1 amide bonds. The van der Waals surface area contributed by atoms with Crippen LogP contribution < -0.4 is 5.32 Å². The number of hydrogen-bond acceptors (Lipinski definition) is 1. The van der Waals surface area contributed by atoms with Crippen LogP contribution in [0.15, 0.2) is 71.3 Å². The number of carbonyl (C=O) groups is 1. The highest BCUT2D eigenvalue weighted by Crippen LogP contribution is 2.37.